The maximum absolute atomic E-state index is 5.96. The number of hydrogen-bond acceptors (Lipinski definition) is 2. The molecule has 0 aliphatic carbocycles. The summed E-state index contributed by atoms with van der Waals surface area (Å²) in [6.07, 6.45) is 1.79. The molecule has 0 amide bonds. The minimum absolute atomic E-state index is 0.646. The van der Waals surface area contributed by atoms with Gasteiger partial charge in [0.05, 0.1) is 5.52 Å². The van der Waals surface area contributed by atoms with Gasteiger partial charge < -0.3 is 0 Å². The summed E-state index contributed by atoms with van der Waals surface area (Å²) in [6.45, 7) is 0. The molecule has 0 N–H and O–H groups in total. The Morgan fingerprint density at radius 2 is 1.72 bits per heavy atom. The van der Waals surface area contributed by atoms with Crippen LogP contribution in [0.1, 0.15) is 0 Å². The Balaban J connectivity index is 2.18. The van der Waals surface area contributed by atoms with Gasteiger partial charge in [0, 0.05) is 27.2 Å². The lowest BCUT2D eigenvalue weighted by Gasteiger charge is -2.03. The fourth-order valence-electron chi connectivity index (χ4n) is 1.76. The molecule has 3 rings (SSSR count). The second kappa shape index (κ2) is 4.56. The van der Waals surface area contributed by atoms with Crippen LogP contribution in [0.25, 0.3) is 22.3 Å². The summed E-state index contributed by atoms with van der Waals surface area (Å²) in [5.41, 5.74) is 1.72. The monoisotopic (exact) mass is 274 g/mol. The van der Waals surface area contributed by atoms with Gasteiger partial charge in [0.15, 0.2) is 5.82 Å². The Kier molecular flexibility index (Phi) is 2.90. The van der Waals surface area contributed by atoms with Crippen LogP contribution in [0.2, 0.25) is 10.0 Å². The van der Waals surface area contributed by atoms with E-state index >= 15 is 0 Å². The van der Waals surface area contributed by atoms with E-state index in [9.17, 15) is 0 Å². The number of fused-ring (bicyclic) bond motifs is 1. The van der Waals surface area contributed by atoms with Crippen molar-refractivity contribution in [3.05, 3.63) is 58.7 Å². The van der Waals surface area contributed by atoms with Gasteiger partial charge >= 0.3 is 0 Å². The van der Waals surface area contributed by atoms with Crippen LogP contribution in [0, 0.1) is 0 Å². The van der Waals surface area contributed by atoms with E-state index < -0.39 is 0 Å². The van der Waals surface area contributed by atoms with Crippen LogP contribution in [0.3, 0.4) is 0 Å². The molecule has 4 heteroatoms. The number of rotatable bonds is 1. The zero-order valence-electron chi connectivity index (χ0n) is 9.27. The molecule has 18 heavy (non-hydrogen) atoms. The average molecular weight is 275 g/mol. The molecule has 88 valence electrons. The van der Waals surface area contributed by atoms with Gasteiger partial charge in [0.25, 0.3) is 0 Å². The number of hydrogen-bond donors (Lipinski definition) is 0. The number of aromatic nitrogens is 2. The maximum Gasteiger partial charge on any atom is 0.159 e. The fourth-order valence-corrected chi connectivity index (χ4v) is 2.12. The topological polar surface area (TPSA) is 25.8 Å². The Labute approximate surface area is 114 Å². The summed E-state index contributed by atoms with van der Waals surface area (Å²) in [4.78, 5) is 8.83. The van der Waals surface area contributed by atoms with E-state index in [1.54, 1.807) is 6.20 Å². The Bertz CT molecular complexity index is 726. The van der Waals surface area contributed by atoms with Crippen LogP contribution in [-0.2, 0) is 0 Å². The first-order valence-electron chi connectivity index (χ1n) is 5.41. The van der Waals surface area contributed by atoms with Crippen LogP contribution >= 0.6 is 23.2 Å². The van der Waals surface area contributed by atoms with Crippen LogP contribution in [0.15, 0.2) is 48.7 Å². The fraction of sp³-hybridized carbons (Fsp3) is 0. The molecule has 0 radical (unpaired) electrons. The molecule has 0 fully saturated rings. The second-order valence-electron chi connectivity index (χ2n) is 3.91. The van der Waals surface area contributed by atoms with Gasteiger partial charge in [0.2, 0.25) is 0 Å². The largest absolute Gasteiger partial charge is 0.236 e. The molecule has 0 aliphatic rings. The molecule has 0 aliphatic heterocycles. The number of halogens is 2. The molecule has 0 saturated carbocycles. The average Bonchev–Trinajstić information content (AvgIpc) is 2.38. The molecular formula is C14H8Cl2N2. The van der Waals surface area contributed by atoms with Gasteiger partial charge in [-0.25, -0.2) is 9.97 Å². The third-order valence-corrected chi connectivity index (χ3v) is 3.10. The molecule has 0 bridgehead atoms. The molecule has 3 aromatic rings. The molecule has 0 saturated heterocycles. The van der Waals surface area contributed by atoms with Crippen LogP contribution in [0.5, 0.6) is 0 Å². The third kappa shape index (κ3) is 2.17. The molecule has 1 heterocycles. The lowest BCUT2D eigenvalue weighted by Crippen LogP contribution is -1.89. The first kappa shape index (κ1) is 11.5. The summed E-state index contributed by atoms with van der Waals surface area (Å²) in [5.74, 6) is 0.646. The third-order valence-electron chi connectivity index (χ3n) is 2.63. The first-order valence-corrected chi connectivity index (χ1v) is 6.16. The number of benzene rings is 2. The molecule has 2 aromatic carbocycles. The van der Waals surface area contributed by atoms with Gasteiger partial charge in [-0.05, 0) is 30.3 Å². The summed E-state index contributed by atoms with van der Waals surface area (Å²) in [5, 5.41) is 2.30. The summed E-state index contributed by atoms with van der Waals surface area (Å²) in [6, 6.07) is 13.0. The summed E-state index contributed by atoms with van der Waals surface area (Å²) < 4.78 is 0. The van der Waals surface area contributed by atoms with Gasteiger partial charge in [-0.2, -0.15) is 0 Å². The van der Waals surface area contributed by atoms with Gasteiger partial charge in [-0.1, -0.05) is 35.3 Å². The molecular weight excluding hydrogens is 267 g/mol. The van der Waals surface area contributed by atoms with E-state index in [-0.39, 0.29) is 0 Å². The van der Waals surface area contributed by atoms with Crippen LogP contribution in [0.4, 0.5) is 0 Å². The highest BCUT2D eigenvalue weighted by atomic mass is 35.5. The molecule has 0 spiro atoms. The molecule has 0 unspecified atom stereocenters. The van der Waals surface area contributed by atoms with Crippen molar-refractivity contribution in [3.8, 4) is 11.4 Å². The van der Waals surface area contributed by atoms with E-state index in [1.807, 2.05) is 42.5 Å². The van der Waals surface area contributed by atoms with Crippen molar-refractivity contribution in [1.82, 2.24) is 9.97 Å². The Hall–Kier alpha value is -1.64. The Morgan fingerprint density at radius 1 is 0.889 bits per heavy atom. The highest BCUT2D eigenvalue weighted by molar-refractivity contribution is 6.31. The smallest absolute Gasteiger partial charge is 0.159 e. The standard InChI is InChI=1S/C14H8Cl2N2/c15-11-3-1-2-9(6-11)14-17-8-10-4-5-12(16)7-13(10)18-14/h1-8H. The van der Waals surface area contributed by atoms with Crippen LogP contribution in [-0.4, -0.2) is 9.97 Å². The normalized spacial score (nSPS) is 10.8. The zero-order chi connectivity index (χ0) is 12.5. The van der Waals surface area contributed by atoms with Crippen molar-refractivity contribution in [2.24, 2.45) is 0 Å². The van der Waals surface area contributed by atoms with E-state index in [0.717, 1.165) is 16.5 Å². The van der Waals surface area contributed by atoms with E-state index in [1.165, 1.54) is 0 Å². The lowest BCUT2D eigenvalue weighted by molar-refractivity contribution is 1.23. The van der Waals surface area contributed by atoms with Crippen molar-refractivity contribution in [2.75, 3.05) is 0 Å². The SMILES string of the molecule is Clc1cccc(-c2ncc3ccc(Cl)cc3n2)c1. The molecule has 2 nitrogen and oxygen atoms in total. The summed E-state index contributed by atoms with van der Waals surface area (Å²) in [7, 11) is 0. The van der Waals surface area contributed by atoms with Crippen molar-refractivity contribution in [3.63, 3.8) is 0 Å². The van der Waals surface area contributed by atoms with E-state index in [4.69, 9.17) is 23.2 Å². The maximum atomic E-state index is 5.96. The van der Waals surface area contributed by atoms with Crippen molar-refractivity contribution >= 4 is 34.1 Å². The second-order valence-corrected chi connectivity index (χ2v) is 4.78. The molecule has 0 atom stereocenters. The predicted molar refractivity (Wildman–Crippen MR) is 75.0 cm³/mol. The number of nitrogens with zero attached hydrogens (tertiary/aromatic N) is 2. The van der Waals surface area contributed by atoms with Gasteiger partial charge in [-0.15, -0.1) is 0 Å². The van der Waals surface area contributed by atoms with E-state index in [0.29, 0.717) is 15.9 Å². The Morgan fingerprint density at radius 3 is 2.56 bits per heavy atom. The van der Waals surface area contributed by atoms with E-state index in [2.05, 4.69) is 9.97 Å². The lowest BCUT2D eigenvalue weighted by atomic mass is 10.2. The highest BCUT2D eigenvalue weighted by Crippen LogP contribution is 2.22. The van der Waals surface area contributed by atoms with Crippen molar-refractivity contribution < 1.29 is 0 Å². The minimum atomic E-state index is 0.646. The van der Waals surface area contributed by atoms with Crippen LogP contribution < -0.4 is 0 Å². The van der Waals surface area contributed by atoms with Crippen molar-refractivity contribution in [2.45, 2.75) is 0 Å². The first-order chi connectivity index (χ1) is 8.72. The van der Waals surface area contributed by atoms with Gasteiger partial charge in [0.1, 0.15) is 0 Å². The minimum Gasteiger partial charge on any atom is -0.236 e. The zero-order valence-corrected chi connectivity index (χ0v) is 10.8. The quantitative estimate of drug-likeness (QED) is 0.648. The van der Waals surface area contributed by atoms with Gasteiger partial charge in [-0.3, -0.25) is 0 Å². The predicted octanol–water partition coefficient (Wildman–Crippen LogP) is 4.60. The summed E-state index contributed by atoms with van der Waals surface area (Å²) >= 11 is 11.9. The van der Waals surface area contributed by atoms with Crippen molar-refractivity contribution in [1.29, 1.82) is 0 Å². The molecule has 1 aromatic heterocycles. The highest BCUT2D eigenvalue weighted by Gasteiger charge is 2.04.